The molecule has 0 amide bonds. The third kappa shape index (κ3) is 5.57. The van der Waals surface area contributed by atoms with E-state index >= 15 is 0 Å². The van der Waals surface area contributed by atoms with E-state index in [1.54, 1.807) is 46.9 Å². The summed E-state index contributed by atoms with van der Waals surface area (Å²) in [5.74, 6) is 0.846. The van der Waals surface area contributed by atoms with Crippen LogP contribution in [0.2, 0.25) is 0 Å². The Balaban J connectivity index is 1.46. The fraction of sp³-hybridized carbons (Fsp3) is 0.333. The zero-order valence-corrected chi connectivity index (χ0v) is 20.8. The average Bonchev–Trinajstić information content (AvgIpc) is 3.30. The van der Waals surface area contributed by atoms with E-state index < -0.39 is 10.0 Å². The number of rotatable bonds is 8. The van der Waals surface area contributed by atoms with Gasteiger partial charge in [-0.3, -0.25) is 5.43 Å². The van der Waals surface area contributed by atoms with Gasteiger partial charge in [0.1, 0.15) is 0 Å². The van der Waals surface area contributed by atoms with Crippen molar-refractivity contribution in [2.75, 3.05) is 25.1 Å². The molecule has 1 saturated heterocycles. The number of phenolic OH excluding ortho intramolecular Hbond substituents is 1. The second kappa shape index (κ2) is 10.5. The topological polar surface area (TPSA) is 104 Å². The summed E-state index contributed by atoms with van der Waals surface area (Å²) in [6.07, 6.45) is 3.55. The first kappa shape index (κ1) is 24.2. The molecule has 0 bridgehead atoms. The van der Waals surface area contributed by atoms with E-state index in [9.17, 15) is 13.5 Å². The molecule has 1 aliphatic heterocycles. The second-order valence-corrected chi connectivity index (χ2v) is 11.0. The summed E-state index contributed by atoms with van der Waals surface area (Å²) in [5.41, 5.74) is 5.07. The summed E-state index contributed by atoms with van der Waals surface area (Å²) in [6, 6.07) is 11.9. The van der Waals surface area contributed by atoms with Crippen molar-refractivity contribution in [1.29, 1.82) is 0 Å². The van der Waals surface area contributed by atoms with Crippen LogP contribution in [0.15, 0.2) is 57.8 Å². The number of ether oxygens (including phenoxy) is 1. The maximum atomic E-state index is 13.1. The number of phenols is 1. The zero-order chi connectivity index (χ0) is 24.1. The van der Waals surface area contributed by atoms with E-state index in [4.69, 9.17) is 4.74 Å². The van der Waals surface area contributed by atoms with Crippen LogP contribution in [-0.4, -0.2) is 48.7 Å². The Morgan fingerprint density at radius 1 is 1.32 bits per heavy atom. The van der Waals surface area contributed by atoms with Crippen molar-refractivity contribution in [2.45, 2.75) is 31.6 Å². The van der Waals surface area contributed by atoms with Gasteiger partial charge in [-0.2, -0.15) is 9.41 Å². The van der Waals surface area contributed by atoms with Crippen LogP contribution < -0.4 is 10.2 Å². The van der Waals surface area contributed by atoms with Crippen LogP contribution in [-0.2, 0) is 10.0 Å². The van der Waals surface area contributed by atoms with Crippen molar-refractivity contribution >= 4 is 32.7 Å². The fourth-order valence-corrected chi connectivity index (χ4v) is 6.14. The van der Waals surface area contributed by atoms with Crippen molar-refractivity contribution in [3.8, 4) is 22.8 Å². The van der Waals surface area contributed by atoms with Crippen LogP contribution in [0.1, 0.15) is 32.3 Å². The number of aromatic hydroxyl groups is 1. The molecule has 1 atom stereocenters. The molecule has 4 rings (SSSR count). The molecule has 1 fully saturated rings. The van der Waals surface area contributed by atoms with Crippen molar-refractivity contribution < 1.29 is 18.3 Å². The van der Waals surface area contributed by atoms with Gasteiger partial charge in [-0.15, -0.1) is 11.3 Å². The number of nitrogens with one attached hydrogen (secondary N) is 1. The largest absolute Gasteiger partial charge is 0.504 e. The summed E-state index contributed by atoms with van der Waals surface area (Å²) < 4.78 is 33.2. The molecule has 2 aromatic carbocycles. The molecule has 0 saturated carbocycles. The Morgan fingerprint density at radius 3 is 2.97 bits per heavy atom. The monoisotopic (exact) mass is 500 g/mol. The Hall–Kier alpha value is -2.95. The molecule has 34 heavy (non-hydrogen) atoms. The van der Waals surface area contributed by atoms with Crippen LogP contribution in [0.25, 0.3) is 11.3 Å². The van der Waals surface area contributed by atoms with Gasteiger partial charge in [0.15, 0.2) is 11.5 Å². The molecule has 1 aromatic heterocycles. The molecule has 180 valence electrons. The van der Waals surface area contributed by atoms with Gasteiger partial charge in [-0.05, 0) is 61.6 Å². The predicted octanol–water partition coefficient (Wildman–Crippen LogP) is 4.78. The van der Waals surface area contributed by atoms with Gasteiger partial charge >= 0.3 is 0 Å². The lowest BCUT2D eigenvalue weighted by Gasteiger charge is -2.30. The van der Waals surface area contributed by atoms with E-state index in [0.717, 1.165) is 24.0 Å². The summed E-state index contributed by atoms with van der Waals surface area (Å²) in [4.78, 5) is 4.83. The molecule has 8 nitrogen and oxygen atoms in total. The van der Waals surface area contributed by atoms with Gasteiger partial charge in [0.25, 0.3) is 0 Å². The molecule has 2 N–H and O–H groups in total. The van der Waals surface area contributed by atoms with E-state index in [1.165, 1.54) is 11.3 Å². The van der Waals surface area contributed by atoms with Crippen LogP contribution in [0.4, 0.5) is 5.13 Å². The summed E-state index contributed by atoms with van der Waals surface area (Å²) in [6.45, 7) is 5.51. The molecular formula is C24H28N4O4S2. The molecule has 1 aliphatic rings. The van der Waals surface area contributed by atoms with Crippen molar-refractivity contribution in [3.05, 3.63) is 53.4 Å². The number of thiazole rings is 1. The maximum Gasteiger partial charge on any atom is 0.243 e. The third-order valence-corrected chi connectivity index (χ3v) is 8.16. The molecule has 1 unspecified atom stereocenters. The highest BCUT2D eigenvalue weighted by Crippen LogP contribution is 2.29. The lowest BCUT2D eigenvalue weighted by Crippen LogP contribution is -2.39. The highest BCUT2D eigenvalue weighted by Gasteiger charge is 2.28. The lowest BCUT2D eigenvalue weighted by molar-refractivity contribution is 0.281. The SMILES string of the molecule is CCOc1cc(/C=N/Nc2nc(-c3cccc(S(=O)(=O)N4CCCC(C)C4)c3)cs2)ccc1O. The lowest BCUT2D eigenvalue weighted by atomic mass is 10.0. The number of aromatic nitrogens is 1. The van der Waals surface area contributed by atoms with E-state index in [1.807, 2.05) is 18.4 Å². The van der Waals surface area contributed by atoms with Gasteiger partial charge < -0.3 is 9.84 Å². The molecule has 0 aliphatic carbocycles. The molecular weight excluding hydrogens is 472 g/mol. The standard InChI is InChI=1S/C24H28N4O4S2/c1-3-32-23-12-18(9-10-22(23)29)14-25-27-24-26-21(16-33-24)19-7-4-8-20(13-19)34(30,31)28-11-5-6-17(2)15-28/h4,7-10,12-14,16-17,29H,3,5-6,11,15H2,1-2H3,(H,26,27)/b25-14+. The van der Waals surface area contributed by atoms with Gasteiger partial charge in [0.05, 0.1) is 23.4 Å². The number of benzene rings is 2. The van der Waals surface area contributed by atoms with Crippen molar-refractivity contribution in [2.24, 2.45) is 11.0 Å². The van der Waals surface area contributed by atoms with Crippen LogP contribution in [0.3, 0.4) is 0 Å². The first-order chi connectivity index (χ1) is 16.4. The molecule has 3 aromatic rings. The Morgan fingerprint density at radius 2 is 2.18 bits per heavy atom. The highest BCUT2D eigenvalue weighted by atomic mass is 32.2. The molecule has 2 heterocycles. The molecule has 0 radical (unpaired) electrons. The van der Waals surface area contributed by atoms with Crippen LogP contribution >= 0.6 is 11.3 Å². The highest BCUT2D eigenvalue weighted by molar-refractivity contribution is 7.89. The average molecular weight is 501 g/mol. The number of hydrogen-bond acceptors (Lipinski definition) is 8. The number of anilines is 1. The summed E-state index contributed by atoms with van der Waals surface area (Å²) in [5, 5.41) is 16.4. The first-order valence-electron chi connectivity index (χ1n) is 11.2. The van der Waals surface area contributed by atoms with Crippen molar-refractivity contribution in [1.82, 2.24) is 9.29 Å². The molecule has 10 heteroatoms. The number of piperidine rings is 1. The first-order valence-corrected chi connectivity index (χ1v) is 13.5. The Kier molecular flexibility index (Phi) is 7.50. The predicted molar refractivity (Wildman–Crippen MR) is 135 cm³/mol. The number of hydrogen-bond donors (Lipinski definition) is 2. The smallest absolute Gasteiger partial charge is 0.243 e. The normalized spacial score (nSPS) is 17.2. The van der Waals surface area contributed by atoms with Gasteiger partial charge in [-0.1, -0.05) is 19.1 Å². The van der Waals surface area contributed by atoms with E-state index in [-0.39, 0.29) is 10.6 Å². The van der Waals surface area contributed by atoms with Gasteiger partial charge in [0.2, 0.25) is 15.2 Å². The summed E-state index contributed by atoms with van der Waals surface area (Å²) >= 11 is 1.37. The minimum Gasteiger partial charge on any atom is -0.504 e. The minimum atomic E-state index is -3.53. The van der Waals surface area contributed by atoms with E-state index in [0.29, 0.717) is 42.2 Å². The van der Waals surface area contributed by atoms with Crippen molar-refractivity contribution in [3.63, 3.8) is 0 Å². The van der Waals surface area contributed by atoms with Crippen LogP contribution in [0.5, 0.6) is 11.5 Å². The quantitative estimate of drug-likeness (QED) is 0.341. The summed E-state index contributed by atoms with van der Waals surface area (Å²) in [7, 11) is -3.53. The third-order valence-electron chi connectivity index (χ3n) is 5.55. The number of nitrogens with zero attached hydrogens (tertiary/aromatic N) is 3. The van der Waals surface area contributed by atoms with Gasteiger partial charge in [0, 0.05) is 24.0 Å². The van der Waals surface area contributed by atoms with E-state index in [2.05, 4.69) is 22.4 Å². The van der Waals surface area contributed by atoms with Crippen LogP contribution in [0, 0.1) is 5.92 Å². The minimum absolute atomic E-state index is 0.0792. The maximum absolute atomic E-state index is 13.1. The zero-order valence-electron chi connectivity index (χ0n) is 19.1. The number of sulfonamides is 1. The second-order valence-electron chi connectivity index (χ2n) is 8.21. The Bertz CT molecular complexity index is 1270. The molecule has 0 spiro atoms. The fourth-order valence-electron chi connectivity index (χ4n) is 3.83. The number of hydrazone groups is 1. The Labute approximate surface area is 204 Å². The van der Waals surface area contributed by atoms with Gasteiger partial charge in [-0.25, -0.2) is 13.4 Å².